The third-order valence-corrected chi connectivity index (χ3v) is 4.85. The fourth-order valence-electron chi connectivity index (χ4n) is 1.75. The molecule has 3 N–H and O–H groups in total. The van der Waals surface area contributed by atoms with Gasteiger partial charge in [0.15, 0.2) is 0 Å². The normalized spacial score (nSPS) is 12.5. The fourth-order valence-corrected chi connectivity index (χ4v) is 3.30. The second kappa shape index (κ2) is 8.85. The Kier molecular flexibility index (Phi) is 7.47. The van der Waals surface area contributed by atoms with E-state index in [9.17, 15) is 18.0 Å². The summed E-state index contributed by atoms with van der Waals surface area (Å²) in [6.45, 7) is 3.70. The average molecular weight is 362 g/mol. The summed E-state index contributed by atoms with van der Waals surface area (Å²) < 4.78 is 26.4. The smallest absolute Gasteiger partial charge is 0.242 e. The zero-order chi connectivity index (χ0) is 17.5. The minimum atomic E-state index is -3.78. The van der Waals surface area contributed by atoms with E-state index in [0.29, 0.717) is 6.54 Å². The van der Waals surface area contributed by atoms with Crippen LogP contribution in [0.4, 0.5) is 0 Å². The molecule has 0 heterocycles. The van der Waals surface area contributed by atoms with Gasteiger partial charge in [0.05, 0.1) is 5.02 Å². The molecule has 0 saturated carbocycles. The fraction of sp³-hybridized carbons (Fsp3) is 0.429. The first-order valence-electron chi connectivity index (χ1n) is 7.09. The zero-order valence-corrected chi connectivity index (χ0v) is 14.5. The van der Waals surface area contributed by atoms with E-state index in [2.05, 4.69) is 15.4 Å². The standard InChI is InChI=1S/C14H20ClN3O4S/c1-3-16-14(20)10(2)18-13(19)8-9-17-23(21,22)12-7-5-4-6-11(12)15/h4-7,10,17H,3,8-9H2,1-2H3,(H,16,20)(H,18,19)/t10-/m1/s1. The number of sulfonamides is 1. The number of hydrogen-bond acceptors (Lipinski definition) is 4. The van der Waals surface area contributed by atoms with Crippen molar-refractivity contribution in [2.24, 2.45) is 0 Å². The van der Waals surface area contributed by atoms with Gasteiger partial charge >= 0.3 is 0 Å². The van der Waals surface area contributed by atoms with Gasteiger partial charge in [0.2, 0.25) is 21.8 Å². The molecule has 9 heteroatoms. The van der Waals surface area contributed by atoms with Crippen LogP contribution in [0, 0.1) is 0 Å². The van der Waals surface area contributed by atoms with Crippen LogP contribution in [-0.2, 0) is 19.6 Å². The molecule has 0 bridgehead atoms. The lowest BCUT2D eigenvalue weighted by atomic mass is 10.3. The second-order valence-corrected chi connectivity index (χ2v) is 6.90. The number of hydrogen-bond donors (Lipinski definition) is 3. The zero-order valence-electron chi connectivity index (χ0n) is 12.9. The van der Waals surface area contributed by atoms with Crippen LogP contribution in [0.2, 0.25) is 5.02 Å². The molecule has 1 rings (SSSR count). The van der Waals surface area contributed by atoms with Crippen LogP contribution in [0.1, 0.15) is 20.3 Å². The summed E-state index contributed by atoms with van der Waals surface area (Å²) >= 11 is 5.84. The molecule has 0 saturated heterocycles. The lowest BCUT2D eigenvalue weighted by Gasteiger charge is -2.13. The van der Waals surface area contributed by atoms with Crippen LogP contribution in [0.15, 0.2) is 29.2 Å². The molecule has 1 aromatic carbocycles. The Balaban J connectivity index is 2.49. The number of carbonyl (C=O) groups excluding carboxylic acids is 2. The van der Waals surface area contributed by atoms with Gasteiger partial charge in [-0.25, -0.2) is 13.1 Å². The number of carbonyl (C=O) groups is 2. The van der Waals surface area contributed by atoms with Gasteiger partial charge in [0.25, 0.3) is 0 Å². The maximum atomic E-state index is 12.1. The van der Waals surface area contributed by atoms with E-state index < -0.39 is 22.0 Å². The van der Waals surface area contributed by atoms with Crippen molar-refractivity contribution >= 4 is 33.4 Å². The summed E-state index contributed by atoms with van der Waals surface area (Å²) in [7, 11) is -3.78. The molecule has 0 fully saturated rings. The molecule has 0 aromatic heterocycles. The van der Waals surface area contributed by atoms with Crippen molar-refractivity contribution in [1.29, 1.82) is 0 Å². The van der Waals surface area contributed by atoms with Crippen LogP contribution < -0.4 is 15.4 Å². The molecular formula is C14H20ClN3O4S. The molecule has 0 aliphatic rings. The van der Waals surface area contributed by atoms with Crippen molar-refractivity contribution in [2.75, 3.05) is 13.1 Å². The van der Waals surface area contributed by atoms with E-state index >= 15 is 0 Å². The minimum absolute atomic E-state index is 0.0437. The number of halogens is 1. The topological polar surface area (TPSA) is 104 Å². The molecule has 0 radical (unpaired) electrons. The van der Waals surface area contributed by atoms with Crippen molar-refractivity contribution in [1.82, 2.24) is 15.4 Å². The maximum Gasteiger partial charge on any atom is 0.242 e. The number of amides is 2. The van der Waals surface area contributed by atoms with Gasteiger partial charge in [-0.3, -0.25) is 9.59 Å². The molecule has 7 nitrogen and oxygen atoms in total. The van der Waals surface area contributed by atoms with Crippen LogP contribution in [0.5, 0.6) is 0 Å². The predicted molar refractivity (Wildman–Crippen MR) is 87.5 cm³/mol. The molecule has 0 aliphatic heterocycles. The molecular weight excluding hydrogens is 342 g/mol. The molecule has 0 unspecified atom stereocenters. The van der Waals surface area contributed by atoms with Gasteiger partial charge in [-0.05, 0) is 26.0 Å². The van der Waals surface area contributed by atoms with Crippen LogP contribution in [0.25, 0.3) is 0 Å². The minimum Gasteiger partial charge on any atom is -0.355 e. The molecule has 2 amide bonds. The van der Waals surface area contributed by atoms with E-state index in [1.165, 1.54) is 12.1 Å². The summed E-state index contributed by atoms with van der Waals surface area (Å²) in [6.07, 6.45) is -0.0899. The predicted octanol–water partition coefficient (Wildman–Crippen LogP) is 0.649. The highest BCUT2D eigenvalue weighted by Gasteiger charge is 2.18. The van der Waals surface area contributed by atoms with E-state index in [1.807, 2.05) is 0 Å². The molecule has 23 heavy (non-hydrogen) atoms. The first-order chi connectivity index (χ1) is 10.8. The number of rotatable bonds is 8. The van der Waals surface area contributed by atoms with E-state index in [-0.39, 0.29) is 28.8 Å². The van der Waals surface area contributed by atoms with Gasteiger partial charge in [0.1, 0.15) is 10.9 Å². The Morgan fingerprint density at radius 1 is 1.26 bits per heavy atom. The van der Waals surface area contributed by atoms with Crippen molar-refractivity contribution in [3.8, 4) is 0 Å². The largest absolute Gasteiger partial charge is 0.355 e. The molecule has 128 valence electrons. The second-order valence-electron chi connectivity index (χ2n) is 4.76. The van der Waals surface area contributed by atoms with Crippen LogP contribution >= 0.6 is 11.6 Å². The lowest BCUT2D eigenvalue weighted by Crippen LogP contribution is -2.45. The Bertz CT molecular complexity index is 664. The summed E-state index contributed by atoms with van der Waals surface area (Å²) in [4.78, 5) is 23.1. The highest BCUT2D eigenvalue weighted by atomic mass is 35.5. The van der Waals surface area contributed by atoms with E-state index in [4.69, 9.17) is 11.6 Å². The Morgan fingerprint density at radius 3 is 2.52 bits per heavy atom. The van der Waals surface area contributed by atoms with Gasteiger partial charge in [-0.1, -0.05) is 23.7 Å². The van der Waals surface area contributed by atoms with Crippen molar-refractivity contribution in [2.45, 2.75) is 31.2 Å². The Hall–Kier alpha value is -1.64. The number of benzene rings is 1. The van der Waals surface area contributed by atoms with E-state index in [0.717, 1.165) is 0 Å². The third-order valence-electron chi connectivity index (χ3n) is 2.89. The van der Waals surface area contributed by atoms with Crippen molar-refractivity contribution in [3.63, 3.8) is 0 Å². The quantitative estimate of drug-likeness (QED) is 0.632. The monoisotopic (exact) mass is 361 g/mol. The van der Waals surface area contributed by atoms with Gasteiger partial charge < -0.3 is 10.6 Å². The summed E-state index contributed by atoms with van der Waals surface area (Å²) in [6, 6.07) is 5.35. The average Bonchev–Trinajstić information content (AvgIpc) is 2.47. The first-order valence-corrected chi connectivity index (χ1v) is 8.95. The lowest BCUT2D eigenvalue weighted by molar-refractivity contribution is -0.128. The van der Waals surface area contributed by atoms with Crippen LogP contribution in [0.3, 0.4) is 0 Å². The molecule has 0 spiro atoms. The summed E-state index contributed by atoms with van der Waals surface area (Å²) in [5.74, 6) is -0.719. The van der Waals surface area contributed by atoms with Gasteiger partial charge in [-0.2, -0.15) is 0 Å². The summed E-state index contributed by atoms with van der Waals surface area (Å²) in [5, 5.41) is 5.17. The molecule has 1 aromatic rings. The number of likely N-dealkylation sites (N-methyl/N-ethyl adjacent to an activating group) is 1. The Morgan fingerprint density at radius 2 is 1.91 bits per heavy atom. The highest BCUT2D eigenvalue weighted by molar-refractivity contribution is 7.89. The van der Waals surface area contributed by atoms with Crippen molar-refractivity contribution in [3.05, 3.63) is 29.3 Å². The SMILES string of the molecule is CCNC(=O)[C@@H](C)NC(=O)CCNS(=O)(=O)c1ccccc1Cl. The third kappa shape index (κ3) is 6.17. The molecule has 0 aliphatic carbocycles. The molecule has 1 atom stereocenters. The summed E-state index contributed by atoms with van der Waals surface area (Å²) in [5.41, 5.74) is 0. The van der Waals surface area contributed by atoms with Gasteiger partial charge in [-0.15, -0.1) is 0 Å². The van der Waals surface area contributed by atoms with Crippen LogP contribution in [-0.4, -0.2) is 39.4 Å². The highest BCUT2D eigenvalue weighted by Crippen LogP contribution is 2.19. The first kappa shape index (κ1) is 19.4. The Labute approximate surface area is 140 Å². The van der Waals surface area contributed by atoms with E-state index in [1.54, 1.807) is 26.0 Å². The van der Waals surface area contributed by atoms with Crippen molar-refractivity contribution < 1.29 is 18.0 Å². The maximum absolute atomic E-state index is 12.1. The van der Waals surface area contributed by atoms with Gasteiger partial charge in [0, 0.05) is 19.5 Å². The number of nitrogens with one attached hydrogen (secondary N) is 3.